The van der Waals surface area contributed by atoms with Gasteiger partial charge in [-0.05, 0) is 51.8 Å². The number of aromatic nitrogens is 1. The lowest BCUT2D eigenvalue weighted by atomic mass is 10.1. The summed E-state index contributed by atoms with van der Waals surface area (Å²) < 4.78 is 15.7. The molecule has 0 spiro atoms. The number of carbonyl (C=O) groups is 2. The number of nitrogens with one attached hydrogen (secondary N) is 2. The number of aromatic hydroxyl groups is 1. The second-order valence-electron chi connectivity index (χ2n) is 7.65. The van der Waals surface area contributed by atoms with E-state index >= 15 is 0 Å². The number of H-pyrrole nitrogens is 1. The van der Waals surface area contributed by atoms with Crippen LogP contribution in [0.1, 0.15) is 66.7 Å². The fourth-order valence-electron chi connectivity index (χ4n) is 3.03. The Labute approximate surface area is 176 Å². The quantitative estimate of drug-likeness (QED) is 0.555. The van der Waals surface area contributed by atoms with Gasteiger partial charge in [-0.15, -0.1) is 0 Å². The zero-order valence-electron chi connectivity index (χ0n) is 18.3. The van der Waals surface area contributed by atoms with Gasteiger partial charge in [0.15, 0.2) is 11.5 Å². The highest BCUT2D eigenvalue weighted by molar-refractivity contribution is 5.99. The summed E-state index contributed by atoms with van der Waals surface area (Å²) in [7, 11) is 1.47. The molecule has 0 aliphatic carbocycles. The van der Waals surface area contributed by atoms with Gasteiger partial charge in [-0.3, -0.25) is 0 Å². The lowest BCUT2D eigenvalue weighted by Gasteiger charge is -2.19. The Morgan fingerprint density at radius 3 is 2.40 bits per heavy atom. The maximum Gasteiger partial charge on any atom is 0.355 e. The predicted molar refractivity (Wildman–Crippen MR) is 113 cm³/mol. The maximum absolute atomic E-state index is 12.7. The Balaban J connectivity index is 2.40. The fraction of sp³-hybridized carbons (Fsp3) is 0.455. The van der Waals surface area contributed by atoms with Crippen molar-refractivity contribution in [2.24, 2.45) is 0 Å². The van der Waals surface area contributed by atoms with Crippen molar-refractivity contribution in [1.82, 2.24) is 4.98 Å². The molecule has 1 heterocycles. The minimum atomic E-state index is -0.670. The summed E-state index contributed by atoms with van der Waals surface area (Å²) in [6.45, 7) is 9.35. The van der Waals surface area contributed by atoms with Gasteiger partial charge in [0.1, 0.15) is 11.3 Å². The number of hydrogen-bond acceptors (Lipinski definition) is 7. The molecular formula is C22H30N2O6. The van der Waals surface area contributed by atoms with Crippen molar-refractivity contribution in [3.8, 4) is 11.5 Å². The van der Waals surface area contributed by atoms with Gasteiger partial charge < -0.3 is 29.6 Å². The molecule has 0 aliphatic rings. The molecule has 0 atom stereocenters. The van der Waals surface area contributed by atoms with Crippen molar-refractivity contribution >= 4 is 17.6 Å². The Kier molecular flexibility index (Phi) is 7.37. The highest BCUT2D eigenvalue weighted by Gasteiger charge is 2.29. The van der Waals surface area contributed by atoms with Crippen molar-refractivity contribution < 1.29 is 28.9 Å². The Bertz CT molecular complexity index is 911. The van der Waals surface area contributed by atoms with Crippen LogP contribution < -0.4 is 10.1 Å². The van der Waals surface area contributed by atoms with E-state index in [1.807, 2.05) is 6.92 Å². The van der Waals surface area contributed by atoms with E-state index in [0.29, 0.717) is 34.7 Å². The third-order valence-electron chi connectivity index (χ3n) is 4.27. The topological polar surface area (TPSA) is 110 Å². The van der Waals surface area contributed by atoms with Crippen LogP contribution in [0.15, 0.2) is 18.2 Å². The molecular weight excluding hydrogens is 388 g/mol. The third-order valence-corrected chi connectivity index (χ3v) is 4.27. The second-order valence-corrected chi connectivity index (χ2v) is 7.65. The van der Waals surface area contributed by atoms with Crippen molar-refractivity contribution in [1.29, 1.82) is 0 Å². The first kappa shape index (κ1) is 23.1. The number of esters is 2. The number of methoxy groups -OCH3 is 1. The molecule has 164 valence electrons. The summed E-state index contributed by atoms with van der Waals surface area (Å²) in [6.07, 6.45) is 0.447. The molecule has 0 radical (unpaired) electrons. The van der Waals surface area contributed by atoms with Crippen molar-refractivity contribution in [2.45, 2.75) is 53.2 Å². The molecule has 3 N–H and O–H groups in total. The van der Waals surface area contributed by atoms with E-state index in [1.54, 1.807) is 39.8 Å². The summed E-state index contributed by atoms with van der Waals surface area (Å²) in [4.78, 5) is 28.4. The number of hydrogen-bond donors (Lipinski definition) is 3. The zero-order valence-corrected chi connectivity index (χ0v) is 18.3. The molecule has 8 nitrogen and oxygen atoms in total. The Morgan fingerprint density at radius 2 is 1.87 bits per heavy atom. The molecule has 2 aromatic rings. The largest absolute Gasteiger partial charge is 0.504 e. The second kappa shape index (κ2) is 9.56. The van der Waals surface area contributed by atoms with Crippen LogP contribution >= 0.6 is 0 Å². The first-order valence-corrected chi connectivity index (χ1v) is 9.86. The minimum Gasteiger partial charge on any atom is -0.504 e. The van der Waals surface area contributed by atoms with Crippen molar-refractivity contribution in [2.75, 3.05) is 19.0 Å². The van der Waals surface area contributed by atoms with Gasteiger partial charge in [0.25, 0.3) is 0 Å². The zero-order chi connectivity index (χ0) is 22.5. The number of carbonyl (C=O) groups excluding carboxylic acids is 2. The normalized spacial score (nSPS) is 11.1. The minimum absolute atomic E-state index is 0.0108. The van der Waals surface area contributed by atoms with Gasteiger partial charge in [-0.25, -0.2) is 9.59 Å². The molecule has 0 unspecified atom stereocenters. The predicted octanol–water partition coefficient (Wildman–Crippen LogP) is 4.04. The molecule has 0 aliphatic heterocycles. The lowest BCUT2D eigenvalue weighted by molar-refractivity contribution is 0.00622. The van der Waals surface area contributed by atoms with E-state index in [4.69, 9.17) is 14.2 Å². The molecule has 0 amide bonds. The summed E-state index contributed by atoms with van der Waals surface area (Å²) in [5.41, 5.74) is 1.57. The van der Waals surface area contributed by atoms with Crippen LogP contribution in [0.5, 0.6) is 11.5 Å². The number of benzene rings is 1. The number of anilines is 1. The number of rotatable bonds is 8. The summed E-state index contributed by atoms with van der Waals surface area (Å²) in [5.74, 6) is -0.690. The highest BCUT2D eigenvalue weighted by Crippen LogP contribution is 2.29. The standard InChI is InChI=1S/C22H30N2O6/c1-7-14-18(20(26)29-8-2)15(24-19(14)21(27)30-22(3,4)5)12-23-13-9-10-17(28-6)16(25)11-13/h9-11,23-25H,7-8,12H2,1-6H3. The van der Waals surface area contributed by atoms with E-state index in [1.165, 1.54) is 13.2 Å². The van der Waals surface area contributed by atoms with E-state index < -0.39 is 17.5 Å². The summed E-state index contributed by atoms with van der Waals surface area (Å²) >= 11 is 0. The molecule has 1 aromatic heterocycles. The number of ether oxygens (including phenoxy) is 3. The van der Waals surface area contributed by atoms with Gasteiger partial charge in [0, 0.05) is 17.4 Å². The maximum atomic E-state index is 12.7. The average Bonchev–Trinajstić information content (AvgIpc) is 3.04. The van der Waals surface area contributed by atoms with Gasteiger partial charge in [-0.1, -0.05) is 6.92 Å². The SMILES string of the molecule is CCOC(=O)c1c(CNc2ccc(OC)c(O)c2)[nH]c(C(=O)OC(C)(C)C)c1CC. The molecule has 2 rings (SSSR count). The number of phenols is 1. The molecule has 0 saturated carbocycles. The van der Waals surface area contributed by atoms with Crippen molar-refractivity contribution in [3.05, 3.63) is 40.7 Å². The van der Waals surface area contributed by atoms with Crippen LogP contribution in [0.2, 0.25) is 0 Å². The molecule has 30 heavy (non-hydrogen) atoms. The molecule has 0 bridgehead atoms. The van der Waals surface area contributed by atoms with Crippen LogP contribution in [-0.4, -0.2) is 41.3 Å². The van der Waals surface area contributed by atoms with E-state index in [0.717, 1.165) is 0 Å². The third kappa shape index (κ3) is 5.46. The fourth-order valence-corrected chi connectivity index (χ4v) is 3.03. The summed E-state index contributed by atoms with van der Waals surface area (Å²) in [6, 6.07) is 4.88. The first-order valence-electron chi connectivity index (χ1n) is 9.86. The van der Waals surface area contributed by atoms with Gasteiger partial charge in [-0.2, -0.15) is 0 Å². The number of aromatic amines is 1. The Morgan fingerprint density at radius 1 is 1.17 bits per heavy atom. The van der Waals surface area contributed by atoms with Crippen LogP contribution in [0, 0.1) is 0 Å². The van der Waals surface area contributed by atoms with E-state index in [2.05, 4.69) is 10.3 Å². The van der Waals surface area contributed by atoms with Crippen LogP contribution in [0.3, 0.4) is 0 Å². The highest BCUT2D eigenvalue weighted by atomic mass is 16.6. The number of phenolic OH excluding ortho intramolecular Hbond substituents is 1. The van der Waals surface area contributed by atoms with Gasteiger partial charge in [0.05, 0.1) is 25.8 Å². The van der Waals surface area contributed by atoms with Crippen molar-refractivity contribution in [3.63, 3.8) is 0 Å². The molecule has 0 saturated heterocycles. The van der Waals surface area contributed by atoms with Crippen LogP contribution in [0.4, 0.5) is 5.69 Å². The molecule has 1 aromatic carbocycles. The molecule has 0 fully saturated rings. The molecule has 8 heteroatoms. The van der Waals surface area contributed by atoms with Gasteiger partial charge >= 0.3 is 11.9 Å². The van der Waals surface area contributed by atoms with Crippen LogP contribution in [0.25, 0.3) is 0 Å². The van der Waals surface area contributed by atoms with Crippen LogP contribution in [-0.2, 0) is 22.4 Å². The smallest absolute Gasteiger partial charge is 0.355 e. The summed E-state index contributed by atoms with van der Waals surface area (Å²) in [5, 5.41) is 13.1. The van der Waals surface area contributed by atoms with Gasteiger partial charge in [0.2, 0.25) is 0 Å². The average molecular weight is 418 g/mol. The monoisotopic (exact) mass is 418 g/mol. The Hall–Kier alpha value is -3.16. The van der Waals surface area contributed by atoms with E-state index in [9.17, 15) is 14.7 Å². The van der Waals surface area contributed by atoms with E-state index in [-0.39, 0.29) is 24.6 Å². The lowest BCUT2D eigenvalue weighted by Crippen LogP contribution is -2.24. The first-order chi connectivity index (χ1) is 14.1.